The Morgan fingerprint density at radius 3 is 1.75 bits per heavy atom. The highest BCUT2D eigenvalue weighted by Gasteiger charge is 2.22. The van der Waals surface area contributed by atoms with Crippen LogP contribution in [0.5, 0.6) is 0 Å². The number of rotatable bonds is 10. The smallest absolute Gasteiger partial charge is 0.305 e. The normalized spacial score (nSPS) is 16.4. The van der Waals surface area contributed by atoms with E-state index >= 15 is 0 Å². The minimum absolute atomic E-state index is 0.123. The van der Waals surface area contributed by atoms with Crippen molar-refractivity contribution in [2.75, 3.05) is 7.11 Å². The second-order valence-electron chi connectivity index (χ2n) is 8.98. The highest BCUT2D eigenvalue weighted by atomic mass is 16.5. The molecule has 0 radical (unpaired) electrons. The number of ether oxygens (including phenoxy) is 1. The molecular weight excluding hydrogens is 496 g/mol. The number of hydrogen-bond acceptors (Lipinski definition) is 3. The van der Waals surface area contributed by atoms with Gasteiger partial charge in [0, 0.05) is 12.8 Å². The summed E-state index contributed by atoms with van der Waals surface area (Å²) in [6.07, 6.45) is 26.4. The molecule has 2 fully saturated rings. The molecule has 2 aliphatic carbocycles. The average molecular weight is 565 g/mol. The van der Waals surface area contributed by atoms with Gasteiger partial charge in [0.05, 0.1) is 7.11 Å². The number of carbonyl (C=O) groups excluding carboxylic acids is 1. The van der Waals surface area contributed by atoms with Crippen molar-refractivity contribution in [3.63, 3.8) is 0 Å². The van der Waals surface area contributed by atoms with Crippen molar-refractivity contribution in [3.8, 4) is 0 Å². The lowest BCUT2D eigenvalue weighted by Crippen LogP contribution is -2.02. The molecule has 0 bridgehead atoms. The predicted octanol–water partition coefficient (Wildman–Crippen LogP) is 11.5. The van der Waals surface area contributed by atoms with Gasteiger partial charge in [0.15, 0.2) is 0 Å². The zero-order chi connectivity index (χ0) is 32.0. The second kappa shape index (κ2) is 43.7. The van der Waals surface area contributed by atoms with Crippen LogP contribution in [0, 0.1) is 17.8 Å². The van der Waals surface area contributed by atoms with Gasteiger partial charge in [0.2, 0.25) is 0 Å². The second-order valence-corrected chi connectivity index (χ2v) is 8.98. The molecule has 0 amide bonds. The summed E-state index contributed by atoms with van der Waals surface area (Å²) in [5, 5.41) is 8.11. The monoisotopic (exact) mass is 565 g/mol. The molecule has 1 unspecified atom stereocenters. The van der Waals surface area contributed by atoms with Gasteiger partial charge in [-0.2, -0.15) is 0 Å². The Labute approximate surface area is 250 Å². The maximum Gasteiger partial charge on any atom is 0.305 e. The summed E-state index contributed by atoms with van der Waals surface area (Å²) in [4.78, 5) is 20.0. The van der Waals surface area contributed by atoms with E-state index in [0.717, 1.165) is 30.6 Å². The molecule has 1 N–H and O–H groups in total. The molecule has 2 saturated carbocycles. The van der Waals surface area contributed by atoms with Gasteiger partial charge < -0.3 is 9.84 Å². The van der Waals surface area contributed by atoms with Crippen LogP contribution in [0.2, 0.25) is 0 Å². The average Bonchev–Trinajstić information content (AvgIpc) is 3.68. The lowest BCUT2D eigenvalue weighted by molar-refractivity contribution is -0.140. The van der Waals surface area contributed by atoms with Crippen LogP contribution in [0.25, 0.3) is 0 Å². The van der Waals surface area contributed by atoms with Gasteiger partial charge in [0.1, 0.15) is 0 Å². The maximum atomic E-state index is 10.2. The SMILES string of the molecule is C=CC.C=CC1CCCC1.C=CC1CCC[C@@H]1C/C=C/C.C=CCCCC(=O)O.CC.CC.CCCC(=O)OC. The number of unbranched alkanes of at least 4 members (excludes halogenated alkanes) is 1. The first-order chi connectivity index (χ1) is 19.3. The van der Waals surface area contributed by atoms with Crippen LogP contribution in [-0.2, 0) is 14.3 Å². The third-order valence-electron chi connectivity index (χ3n) is 5.91. The van der Waals surface area contributed by atoms with Crippen LogP contribution in [0.4, 0.5) is 0 Å². The Morgan fingerprint density at radius 1 is 0.875 bits per heavy atom. The molecule has 0 spiro atoms. The molecule has 236 valence electrons. The fourth-order valence-corrected chi connectivity index (χ4v) is 3.88. The van der Waals surface area contributed by atoms with Crippen molar-refractivity contribution in [1.82, 2.24) is 0 Å². The fraction of sp³-hybridized carbons (Fsp3) is 0.667. The first-order valence-electron chi connectivity index (χ1n) is 15.6. The molecular formula is C36H68O4. The molecule has 0 aromatic rings. The first kappa shape index (κ1) is 47.4. The molecule has 0 aromatic heterocycles. The van der Waals surface area contributed by atoms with Crippen LogP contribution < -0.4 is 0 Å². The molecule has 0 aromatic carbocycles. The molecule has 0 aliphatic heterocycles. The summed E-state index contributed by atoms with van der Waals surface area (Å²) in [7, 11) is 1.40. The predicted molar refractivity (Wildman–Crippen MR) is 180 cm³/mol. The lowest BCUT2D eigenvalue weighted by atomic mass is 9.93. The van der Waals surface area contributed by atoms with Crippen LogP contribution in [-0.4, -0.2) is 24.2 Å². The third kappa shape index (κ3) is 40.1. The molecule has 2 aliphatic rings. The zero-order valence-electron chi connectivity index (χ0n) is 27.9. The minimum atomic E-state index is -0.730. The van der Waals surface area contributed by atoms with Gasteiger partial charge in [-0.1, -0.05) is 90.3 Å². The van der Waals surface area contributed by atoms with Gasteiger partial charge in [-0.25, -0.2) is 0 Å². The Kier molecular flexibility index (Phi) is 51.8. The minimum Gasteiger partial charge on any atom is -0.481 e. The van der Waals surface area contributed by atoms with E-state index in [1.165, 1.54) is 58.5 Å². The number of methoxy groups -OCH3 is 1. The number of aliphatic carboxylic acids is 1. The van der Waals surface area contributed by atoms with Gasteiger partial charge >= 0.3 is 11.9 Å². The van der Waals surface area contributed by atoms with E-state index in [0.29, 0.717) is 12.8 Å². The van der Waals surface area contributed by atoms with E-state index in [-0.39, 0.29) is 12.4 Å². The van der Waals surface area contributed by atoms with Crippen molar-refractivity contribution in [2.45, 2.75) is 132 Å². The molecule has 4 heteroatoms. The van der Waals surface area contributed by atoms with E-state index in [2.05, 4.69) is 62.3 Å². The van der Waals surface area contributed by atoms with Crippen molar-refractivity contribution >= 4 is 11.9 Å². The number of carboxylic acid groups (broad SMARTS) is 1. The highest BCUT2D eigenvalue weighted by molar-refractivity contribution is 5.68. The summed E-state index contributed by atoms with van der Waals surface area (Å²) >= 11 is 0. The summed E-state index contributed by atoms with van der Waals surface area (Å²) in [6, 6.07) is 0. The van der Waals surface area contributed by atoms with Crippen LogP contribution in [0.1, 0.15) is 132 Å². The van der Waals surface area contributed by atoms with Crippen molar-refractivity contribution in [2.24, 2.45) is 17.8 Å². The summed E-state index contributed by atoms with van der Waals surface area (Å²) in [5.41, 5.74) is 0. The summed E-state index contributed by atoms with van der Waals surface area (Å²) in [6.45, 7) is 28.4. The van der Waals surface area contributed by atoms with E-state index < -0.39 is 5.97 Å². The molecule has 2 atom stereocenters. The van der Waals surface area contributed by atoms with Gasteiger partial charge in [-0.05, 0) is 83.0 Å². The quantitative estimate of drug-likeness (QED) is 0.163. The van der Waals surface area contributed by atoms with E-state index in [4.69, 9.17) is 5.11 Å². The molecule has 4 nitrogen and oxygen atoms in total. The zero-order valence-corrected chi connectivity index (χ0v) is 27.9. The van der Waals surface area contributed by atoms with Gasteiger partial charge in [-0.3, -0.25) is 9.59 Å². The Balaban J connectivity index is -0.000000128. The number of carboxylic acids is 1. The number of allylic oxidation sites excluding steroid dienone is 6. The van der Waals surface area contributed by atoms with E-state index in [1.807, 2.05) is 41.5 Å². The van der Waals surface area contributed by atoms with Crippen LogP contribution in [0.15, 0.2) is 62.8 Å². The first-order valence-corrected chi connectivity index (χ1v) is 15.6. The van der Waals surface area contributed by atoms with Crippen molar-refractivity contribution in [3.05, 3.63) is 62.8 Å². The fourth-order valence-electron chi connectivity index (χ4n) is 3.88. The van der Waals surface area contributed by atoms with Crippen LogP contribution >= 0.6 is 0 Å². The topological polar surface area (TPSA) is 63.6 Å². The van der Waals surface area contributed by atoms with Crippen molar-refractivity contribution in [1.29, 1.82) is 0 Å². The van der Waals surface area contributed by atoms with Crippen molar-refractivity contribution < 1.29 is 19.4 Å². The third-order valence-corrected chi connectivity index (χ3v) is 5.91. The largest absolute Gasteiger partial charge is 0.481 e. The Hall–Kier alpha value is -2.36. The van der Waals surface area contributed by atoms with Crippen LogP contribution in [0.3, 0.4) is 0 Å². The lowest BCUT2D eigenvalue weighted by Gasteiger charge is -2.12. The maximum absolute atomic E-state index is 10.2. The molecule has 0 heterocycles. The summed E-state index contributed by atoms with van der Waals surface area (Å²) < 4.78 is 4.35. The molecule has 0 saturated heterocycles. The number of esters is 1. The van der Waals surface area contributed by atoms with E-state index in [1.54, 1.807) is 12.2 Å². The number of carbonyl (C=O) groups is 2. The Morgan fingerprint density at radius 2 is 1.43 bits per heavy atom. The number of hydrogen-bond donors (Lipinski definition) is 1. The highest BCUT2D eigenvalue weighted by Crippen LogP contribution is 2.34. The summed E-state index contributed by atoms with van der Waals surface area (Å²) in [5.74, 6) is 1.70. The standard InChI is InChI=1S/C11H18.C7H12.C6H10O2.C5H10O2.C3H6.2C2H6/c1-3-5-7-11-9-6-8-10(11)4-2;1-2-7-5-3-4-6-7;1-2-3-4-5-6(7)8;1-3-4-5(6)7-2;1-3-2;2*1-2/h3-5,10-11H,2,6-9H2,1H3;2,7H,1,3-6H2;2H,1,3-5H2,(H,7,8);3-4H2,1-2H3;3H,1H2,2H3;2*1-2H3/b5-3+;;;;;;/t10?,11-;;;;;;/m0....../s1. The van der Waals surface area contributed by atoms with E-state index in [9.17, 15) is 9.59 Å². The van der Waals surface area contributed by atoms with Gasteiger partial charge in [0.25, 0.3) is 0 Å². The Bertz CT molecular complexity index is 586. The molecule has 40 heavy (non-hydrogen) atoms. The van der Waals surface area contributed by atoms with Gasteiger partial charge in [-0.15, -0.1) is 26.3 Å². The molecule has 2 rings (SSSR count).